The molecule has 0 saturated carbocycles. The third-order valence-electron chi connectivity index (χ3n) is 5.10. The number of hydrogen-bond donors (Lipinski definition) is 0. The number of nitrogens with zero attached hydrogens (tertiary/aromatic N) is 3. The predicted molar refractivity (Wildman–Crippen MR) is 95.4 cm³/mol. The number of likely N-dealkylation sites (tertiary alicyclic amines) is 1. The SMILES string of the molecule is N#Cc1cccc(N2C[C@@]3(CCN(C(=O)c4ccsc4)C3)CC2=O)c1. The number of carbonyl (C=O) groups is 2. The van der Waals surface area contributed by atoms with Gasteiger partial charge in [-0.2, -0.15) is 16.6 Å². The van der Waals surface area contributed by atoms with E-state index in [0.717, 1.165) is 17.7 Å². The molecule has 1 aromatic carbocycles. The van der Waals surface area contributed by atoms with Crippen LogP contribution in [0.4, 0.5) is 5.69 Å². The first-order chi connectivity index (χ1) is 12.1. The second kappa shape index (κ2) is 6.01. The number of thiophene rings is 1. The van der Waals surface area contributed by atoms with Crippen molar-refractivity contribution in [2.45, 2.75) is 12.8 Å². The minimum absolute atomic E-state index is 0.0514. The highest BCUT2D eigenvalue weighted by Crippen LogP contribution is 2.42. The van der Waals surface area contributed by atoms with Crippen molar-refractivity contribution >= 4 is 28.8 Å². The highest BCUT2D eigenvalue weighted by atomic mass is 32.1. The summed E-state index contributed by atoms with van der Waals surface area (Å²) in [7, 11) is 0. The van der Waals surface area contributed by atoms with E-state index < -0.39 is 0 Å². The number of anilines is 1. The van der Waals surface area contributed by atoms with E-state index in [4.69, 9.17) is 5.26 Å². The summed E-state index contributed by atoms with van der Waals surface area (Å²) in [6.45, 7) is 1.91. The molecule has 0 aliphatic carbocycles. The van der Waals surface area contributed by atoms with Crippen LogP contribution >= 0.6 is 11.3 Å². The lowest BCUT2D eigenvalue weighted by atomic mass is 9.86. The number of nitriles is 1. The molecule has 126 valence electrons. The Hall–Kier alpha value is -2.65. The molecular formula is C19H17N3O2S. The van der Waals surface area contributed by atoms with Gasteiger partial charge in [0.15, 0.2) is 0 Å². The van der Waals surface area contributed by atoms with Crippen LogP contribution < -0.4 is 4.90 Å². The Bertz CT molecular complexity index is 871. The average Bonchev–Trinajstić information content (AvgIpc) is 3.36. The Morgan fingerprint density at radius 2 is 2.16 bits per heavy atom. The van der Waals surface area contributed by atoms with Crippen LogP contribution in [0.25, 0.3) is 0 Å². The summed E-state index contributed by atoms with van der Waals surface area (Å²) in [5.41, 5.74) is 1.87. The van der Waals surface area contributed by atoms with E-state index in [1.54, 1.807) is 23.1 Å². The van der Waals surface area contributed by atoms with E-state index in [1.165, 1.54) is 11.3 Å². The standard InChI is InChI=1S/C19H17N3O2S/c20-10-14-2-1-3-16(8-14)22-13-19(9-17(22)23)5-6-21(12-19)18(24)15-4-7-25-11-15/h1-4,7-8,11H,5-6,9,12-13H2/t19-/m0/s1. The number of hydrogen-bond acceptors (Lipinski definition) is 4. The molecule has 2 fully saturated rings. The molecule has 5 nitrogen and oxygen atoms in total. The first-order valence-electron chi connectivity index (χ1n) is 8.22. The molecule has 1 spiro atoms. The fourth-order valence-corrected chi connectivity index (χ4v) is 4.45. The van der Waals surface area contributed by atoms with E-state index >= 15 is 0 Å². The summed E-state index contributed by atoms with van der Waals surface area (Å²) < 4.78 is 0. The van der Waals surface area contributed by atoms with Crippen LogP contribution in [-0.4, -0.2) is 36.3 Å². The molecule has 2 saturated heterocycles. The molecule has 2 aromatic rings. The van der Waals surface area contributed by atoms with Crippen LogP contribution in [0.1, 0.15) is 28.8 Å². The van der Waals surface area contributed by atoms with Crippen molar-refractivity contribution < 1.29 is 9.59 Å². The molecule has 1 aromatic heterocycles. The zero-order chi connectivity index (χ0) is 17.4. The third-order valence-corrected chi connectivity index (χ3v) is 5.78. The molecule has 2 aliphatic rings. The largest absolute Gasteiger partial charge is 0.338 e. The summed E-state index contributed by atoms with van der Waals surface area (Å²) in [6.07, 6.45) is 1.29. The van der Waals surface area contributed by atoms with E-state index in [2.05, 4.69) is 6.07 Å². The van der Waals surface area contributed by atoms with Gasteiger partial charge < -0.3 is 9.80 Å². The molecule has 1 atom stereocenters. The third kappa shape index (κ3) is 2.81. The second-order valence-electron chi connectivity index (χ2n) is 6.81. The Balaban J connectivity index is 1.52. The first-order valence-corrected chi connectivity index (χ1v) is 9.17. The van der Waals surface area contributed by atoms with Gasteiger partial charge in [-0.15, -0.1) is 0 Å². The first kappa shape index (κ1) is 15.9. The normalized spacial score (nSPS) is 22.6. The van der Waals surface area contributed by atoms with Gasteiger partial charge in [-0.05, 0) is 36.1 Å². The summed E-state index contributed by atoms with van der Waals surface area (Å²) in [6, 6.07) is 11.1. The Morgan fingerprint density at radius 1 is 1.28 bits per heavy atom. The van der Waals surface area contributed by atoms with Crippen LogP contribution in [0.5, 0.6) is 0 Å². The molecule has 3 heterocycles. The van der Waals surface area contributed by atoms with Crippen LogP contribution in [0.2, 0.25) is 0 Å². The smallest absolute Gasteiger partial charge is 0.254 e. The highest BCUT2D eigenvalue weighted by Gasteiger charge is 2.48. The summed E-state index contributed by atoms with van der Waals surface area (Å²) in [5.74, 6) is 0.121. The fourth-order valence-electron chi connectivity index (χ4n) is 3.82. The van der Waals surface area contributed by atoms with Gasteiger partial charge >= 0.3 is 0 Å². The zero-order valence-electron chi connectivity index (χ0n) is 13.6. The highest BCUT2D eigenvalue weighted by molar-refractivity contribution is 7.08. The summed E-state index contributed by atoms with van der Waals surface area (Å²) >= 11 is 1.52. The van der Waals surface area contributed by atoms with E-state index in [0.29, 0.717) is 31.6 Å². The van der Waals surface area contributed by atoms with Crippen molar-refractivity contribution in [2.24, 2.45) is 5.41 Å². The van der Waals surface area contributed by atoms with E-state index in [-0.39, 0.29) is 17.2 Å². The summed E-state index contributed by atoms with van der Waals surface area (Å²) in [5, 5.41) is 12.8. The molecule has 0 unspecified atom stereocenters. The van der Waals surface area contributed by atoms with Gasteiger partial charge in [0, 0.05) is 42.5 Å². The molecule has 2 aliphatic heterocycles. The Kier molecular flexibility index (Phi) is 3.81. The lowest BCUT2D eigenvalue weighted by Crippen LogP contribution is -2.34. The molecular weight excluding hydrogens is 334 g/mol. The quantitative estimate of drug-likeness (QED) is 0.836. The van der Waals surface area contributed by atoms with E-state index in [1.807, 2.05) is 27.8 Å². The Labute approximate surface area is 150 Å². The van der Waals surface area contributed by atoms with Crippen molar-refractivity contribution in [3.8, 4) is 6.07 Å². The number of carbonyl (C=O) groups excluding carboxylic acids is 2. The molecule has 6 heteroatoms. The molecule has 0 N–H and O–H groups in total. The van der Waals surface area contributed by atoms with Crippen LogP contribution in [0.3, 0.4) is 0 Å². The van der Waals surface area contributed by atoms with Crippen molar-refractivity contribution in [3.05, 3.63) is 52.2 Å². The molecule has 2 amide bonds. The van der Waals surface area contributed by atoms with Crippen molar-refractivity contribution in [1.29, 1.82) is 5.26 Å². The van der Waals surface area contributed by atoms with Gasteiger partial charge in [0.2, 0.25) is 5.91 Å². The average molecular weight is 351 g/mol. The van der Waals surface area contributed by atoms with Gasteiger partial charge in [-0.3, -0.25) is 9.59 Å². The maximum Gasteiger partial charge on any atom is 0.254 e. The minimum atomic E-state index is -0.175. The van der Waals surface area contributed by atoms with Crippen LogP contribution in [0, 0.1) is 16.7 Å². The maximum atomic E-state index is 12.6. The van der Waals surface area contributed by atoms with Crippen molar-refractivity contribution in [1.82, 2.24) is 4.90 Å². The van der Waals surface area contributed by atoms with Crippen LogP contribution in [0.15, 0.2) is 41.1 Å². The molecule has 0 bridgehead atoms. The van der Waals surface area contributed by atoms with Gasteiger partial charge in [-0.25, -0.2) is 0 Å². The predicted octanol–water partition coefficient (Wildman–Crippen LogP) is 2.89. The lowest BCUT2D eigenvalue weighted by molar-refractivity contribution is -0.117. The number of amides is 2. The monoisotopic (exact) mass is 351 g/mol. The topological polar surface area (TPSA) is 64.4 Å². The lowest BCUT2D eigenvalue weighted by Gasteiger charge is -2.24. The second-order valence-corrected chi connectivity index (χ2v) is 7.59. The molecule has 25 heavy (non-hydrogen) atoms. The minimum Gasteiger partial charge on any atom is -0.338 e. The van der Waals surface area contributed by atoms with Crippen LogP contribution in [-0.2, 0) is 4.79 Å². The van der Waals surface area contributed by atoms with Gasteiger partial charge in [-0.1, -0.05) is 6.07 Å². The van der Waals surface area contributed by atoms with Crippen molar-refractivity contribution in [2.75, 3.05) is 24.5 Å². The van der Waals surface area contributed by atoms with Gasteiger partial charge in [0.1, 0.15) is 0 Å². The van der Waals surface area contributed by atoms with E-state index in [9.17, 15) is 9.59 Å². The fraction of sp³-hybridized carbons (Fsp3) is 0.316. The molecule has 4 rings (SSSR count). The Morgan fingerprint density at radius 3 is 2.92 bits per heavy atom. The molecule has 0 radical (unpaired) electrons. The maximum absolute atomic E-state index is 12.6. The summed E-state index contributed by atoms with van der Waals surface area (Å²) in [4.78, 5) is 28.8. The number of benzene rings is 1. The van der Waals surface area contributed by atoms with Crippen molar-refractivity contribution in [3.63, 3.8) is 0 Å². The zero-order valence-corrected chi connectivity index (χ0v) is 14.5. The van der Waals surface area contributed by atoms with Gasteiger partial charge in [0.25, 0.3) is 5.91 Å². The van der Waals surface area contributed by atoms with Gasteiger partial charge in [0.05, 0.1) is 17.2 Å². The number of rotatable bonds is 2.